The Kier molecular flexibility index (Phi) is 57.3. The Morgan fingerprint density at radius 2 is 0.630 bits per heavy atom. The van der Waals surface area contributed by atoms with Crippen LogP contribution in [0.1, 0.15) is 356 Å². The molecule has 4 fully saturated rings. The van der Waals surface area contributed by atoms with Gasteiger partial charge in [0.1, 0.15) is 37.2 Å². The fourth-order valence-electron chi connectivity index (χ4n) is 14.5. The smallest absolute Gasteiger partial charge is 0.307 e. The van der Waals surface area contributed by atoms with Gasteiger partial charge in [-0.2, -0.15) is 0 Å². The fourth-order valence-corrected chi connectivity index (χ4v) is 18.0. The lowest BCUT2D eigenvalue weighted by atomic mass is 10.1. The number of carbonyl (C=O) groups excluding carboxylic acids is 4. The van der Waals surface area contributed by atoms with Crippen molar-refractivity contribution in [2.24, 2.45) is 0 Å². The highest BCUT2D eigenvalue weighted by molar-refractivity contribution is 7.44. The maximum absolute atomic E-state index is 11.9. The van der Waals surface area contributed by atoms with E-state index in [1.165, 1.54) is 168 Å². The van der Waals surface area contributed by atoms with Gasteiger partial charge in [-0.25, -0.2) is 22.5 Å². The molecule has 0 aromatic carbocycles. The maximum atomic E-state index is 11.9. The normalized spacial score (nSPS) is 21.8. The molecular weight excluding hydrogens is 1290 g/mol. The van der Waals surface area contributed by atoms with Crippen LogP contribution in [0.4, 0.5) is 0 Å². The molecule has 0 N–H and O–H groups in total. The molecule has 2 unspecified atom stereocenters. The lowest BCUT2D eigenvalue weighted by Gasteiger charge is -2.38. The lowest BCUT2D eigenvalue weighted by molar-refractivity contribution is -0.159. The SMILES string of the molecule is CCCCCCCN1[C@H](CC)CC[C@@H]1OC(=O)CCC(C)=O.CCCCCCCN1[C@H](CC)CC[C@H]1OC(=O)CCC(C)=O.[C-]#[N+]CCOP(O[C@@H]1CC[C@@H](CC)N1CCCCCCC)N(C(C)C)C(C)C.[C-]#[N+]CCOP(O[C@H]1CC[C@@H](CC)N1CCCCCCC)N(C(C)C)C(C)C. The Labute approximate surface area is 617 Å². The minimum atomic E-state index is -1.15. The second kappa shape index (κ2) is 59.8. The van der Waals surface area contributed by atoms with E-state index < -0.39 is 17.1 Å². The van der Waals surface area contributed by atoms with Crippen LogP contribution in [0.5, 0.6) is 0 Å². The third-order valence-corrected chi connectivity index (χ3v) is 24.2. The largest absolute Gasteiger partial charge is 0.446 e. The van der Waals surface area contributed by atoms with E-state index in [2.05, 4.69) is 149 Å². The van der Waals surface area contributed by atoms with Crippen LogP contribution in [0.2, 0.25) is 0 Å². The van der Waals surface area contributed by atoms with E-state index in [-0.39, 0.29) is 61.3 Å². The number of likely N-dealkylation sites (tertiary alicyclic amines) is 4. The molecule has 18 nitrogen and oxygen atoms in total. The number of esters is 2. The Bertz CT molecular complexity index is 1990. The number of ketones is 2. The molecule has 10 atom stereocenters. The van der Waals surface area contributed by atoms with Gasteiger partial charge in [-0.1, -0.05) is 158 Å². The average molecular weight is 1450 g/mol. The third-order valence-electron chi connectivity index (χ3n) is 19.9. The molecule has 4 aliphatic heterocycles. The zero-order valence-corrected chi connectivity index (χ0v) is 69.4. The summed E-state index contributed by atoms with van der Waals surface area (Å²) in [5.41, 5.74) is 0. The van der Waals surface area contributed by atoms with Crippen molar-refractivity contribution < 1.29 is 46.7 Å². The van der Waals surface area contributed by atoms with E-state index in [4.69, 9.17) is 40.7 Å². The molecule has 4 aliphatic rings. The van der Waals surface area contributed by atoms with Gasteiger partial charge in [-0.15, -0.1) is 0 Å². The van der Waals surface area contributed by atoms with Crippen LogP contribution in [-0.4, -0.2) is 178 Å². The van der Waals surface area contributed by atoms with Crippen molar-refractivity contribution in [3.05, 3.63) is 22.8 Å². The first-order valence-corrected chi connectivity index (χ1v) is 43.2. The van der Waals surface area contributed by atoms with Crippen molar-refractivity contribution in [2.75, 3.05) is 52.5 Å². The van der Waals surface area contributed by atoms with Gasteiger partial charge in [0.25, 0.3) is 17.1 Å². The topological polar surface area (TPSA) is 152 Å². The summed E-state index contributed by atoms with van der Waals surface area (Å²) in [5.74, 6) is -0.369. The van der Waals surface area contributed by atoms with Gasteiger partial charge in [0.05, 0.1) is 12.8 Å². The molecule has 0 saturated carbocycles. The predicted octanol–water partition coefficient (Wildman–Crippen LogP) is 21.1. The highest BCUT2D eigenvalue weighted by Gasteiger charge is 2.41. The number of ether oxygens (including phenoxy) is 2. The lowest BCUT2D eigenvalue weighted by Crippen LogP contribution is -2.40. The summed E-state index contributed by atoms with van der Waals surface area (Å²) in [6.07, 6.45) is 40.1. The molecule has 4 saturated heterocycles. The van der Waals surface area contributed by atoms with Crippen molar-refractivity contribution in [1.82, 2.24) is 28.9 Å². The molecule has 0 aromatic heterocycles. The highest BCUT2D eigenvalue weighted by Crippen LogP contribution is 2.51. The fraction of sp³-hybridized carbons (Fsp3) is 0.925. The first-order valence-electron chi connectivity index (χ1n) is 40.9. The van der Waals surface area contributed by atoms with Crippen LogP contribution >= 0.6 is 17.1 Å². The minimum Gasteiger partial charge on any atom is -0.446 e. The number of unbranched alkanes of at least 4 members (excludes halogenated alkanes) is 16. The second-order valence-electron chi connectivity index (χ2n) is 29.6. The Hall–Kier alpha value is -2.28. The molecule has 0 spiro atoms. The summed E-state index contributed by atoms with van der Waals surface area (Å²) in [4.78, 5) is 62.5. The molecule has 0 amide bonds. The number of rotatable bonds is 52. The van der Waals surface area contributed by atoms with E-state index in [0.29, 0.717) is 87.5 Å². The molecule has 0 aliphatic carbocycles. The molecule has 4 rings (SSSR count). The molecule has 20 heteroatoms. The Balaban J connectivity index is 0.000000671. The summed E-state index contributed by atoms with van der Waals surface area (Å²) in [6, 6.07) is 3.74. The summed E-state index contributed by atoms with van der Waals surface area (Å²) >= 11 is 0. The van der Waals surface area contributed by atoms with Gasteiger partial charge < -0.3 is 46.8 Å². The predicted molar refractivity (Wildman–Crippen MR) is 417 cm³/mol. The first-order chi connectivity index (χ1) is 48.1. The molecule has 0 aromatic rings. The number of nitrogens with zero attached hydrogens (tertiary/aromatic N) is 8. The second-order valence-corrected chi connectivity index (χ2v) is 32.4. The van der Waals surface area contributed by atoms with Gasteiger partial charge >= 0.3 is 11.9 Å². The Morgan fingerprint density at radius 3 is 0.860 bits per heavy atom. The zero-order valence-electron chi connectivity index (χ0n) is 67.6. The van der Waals surface area contributed by atoms with Crippen LogP contribution < -0.4 is 0 Å². The van der Waals surface area contributed by atoms with Gasteiger partial charge in [-0.05, 0) is 172 Å². The summed E-state index contributed by atoms with van der Waals surface area (Å²) in [7, 11) is -2.30. The van der Waals surface area contributed by atoms with Crippen molar-refractivity contribution in [3.8, 4) is 0 Å². The number of carbonyl (C=O) groups is 4. The molecular formula is C80H154N8O10P2. The zero-order chi connectivity index (χ0) is 74.6. The van der Waals surface area contributed by atoms with Crippen molar-refractivity contribution in [1.29, 1.82) is 0 Å². The van der Waals surface area contributed by atoms with Crippen molar-refractivity contribution >= 4 is 40.6 Å². The van der Waals surface area contributed by atoms with Gasteiger partial charge in [-0.3, -0.25) is 29.2 Å². The maximum Gasteiger partial charge on any atom is 0.307 e. The Morgan fingerprint density at radius 1 is 0.380 bits per heavy atom. The quantitative estimate of drug-likeness (QED) is 0.0245. The number of hydrogen-bond donors (Lipinski definition) is 0. The van der Waals surface area contributed by atoms with Crippen LogP contribution in [-0.2, 0) is 46.7 Å². The van der Waals surface area contributed by atoms with Crippen LogP contribution in [0.15, 0.2) is 0 Å². The molecule has 4 heterocycles. The first kappa shape index (κ1) is 95.7. The summed E-state index contributed by atoms with van der Waals surface area (Å²) in [6.45, 7) is 58.7. The van der Waals surface area contributed by atoms with Crippen molar-refractivity contribution in [2.45, 2.75) is 429 Å². The molecule has 584 valence electrons. The van der Waals surface area contributed by atoms with E-state index in [9.17, 15) is 19.2 Å². The number of Topliss-reactive ketones (excluding diaryl/α,β-unsaturated/α-hetero) is 2. The van der Waals surface area contributed by atoms with Crippen molar-refractivity contribution in [3.63, 3.8) is 0 Å². The van der Waals surface area contributed by atoms with Gasteiger partial charge in [0.15, 0.2) is 12.5 Å². The van der Waals surface area contributed by atoms with Gasteiger partial charge in [0.2, 0.25) is 13.1 Å². The molecule has 0 radical (unpaired) electrons. The monoisotopic (exact) mass is 1450 g/mol. The van der Waals surface area contributed by atoms with E-state index >= 15 is 0 Å². The molecule has 100 heavy (non-hydrogen) atoms. The third kappa shape index (κ3) is 40.4. The standard InChI is InChI=1S/2C22H44N3O2P.2C18H33NO3/c2*1-8-10-11-12-13-17-24-21(9-2)14-15-22(24)27-28(26-18-16-23-7)25(19(3)4)20(5)6;2*1-4-6-7-8-9-14-19-16(5-2)11-12-17(19)22-18(21)13-10-15(3)20/h2*19-22H,8-18H2,1-6H3;2*16-17H,4-14H2,1-3H3/t21-,22+,28?;21-,22-,28?;16-,17+;16-,17-/m1111/s1. The van der Waals surface area contributed by atoms with E-state index in [1.807, 2.05) is 0 Å². The van der Waals surface area contributed by atoms with Crippen LogP contribution in [0.25, 0.3) is 9.69 Å². The van der Waals surface area contributed by atoms with E-state index in [0.717, 1.165) is 77.5 Å². The highest BCUT2D eigenvalue weighted by atomic mass is 31.2. The summed E-state index contributed by atoms with van der Waals surface area (Å²) in [5, 5.41) is 0. The minimum absolute atomic E-state index is 0.0441. The average Bonchev–Trinajstić information content (AvgIpc) is 1.57. The van der Waals surface area contributed by atoms with Gasteiger partial charge in [0, 0.05) is 87.4 Å². The molecule has 0 bridgehead atoms. The van der Waals surface area contributed by atoms with E-state index in [1.54, 1.807) is 0 Å². The number of hydrogen-bond acceptors (Lipinski definition) is 16. The summed E-state index contributed by atoms with van der Waals surface area (Å²) < 4.78 is 41.5. The van der Waals surface area contributed by atoms with Crippen LogP contribution in [0, 0.1) is 13.1 Å². The van der Waals surface area contributed by atoms with Crippen LogP contribution in [0.3, 0.4) is 0 Å².